The molecule has 3 heteroatoms. The van der Waals surface area contributed by atoms with Crippen LogP contribution in [0.3, 0.4) is 0 Å². The molecule has 154 valence electrons. The molecule has 0 spiro atoms. The molecule has 2 aliphatic rings. The number of carbonyl (C=O) groups excluding carboxylic acids is 1. The number of benzene rings is 1. The van der Waals surface area contributed by atoms with Crippen LogP contribution in [-0.2, 0) is 20.2 Å². The van der Waals surface area contributed by atoms with E-state index in [0.29, 0.717) is 5.78 Å². The summed E-state index contributed by atoms with van der Waals surface area (Å²) in [5, 5.41) is 0. The Kier molecular flexibility index (Phi) is 8.21. The largest absolute Gasteiger partial charge is 0.299 e. The monoisotopic (exact) mass is 409 g/mol. The maximum atomic E-state index is 12.0. The Morgan fingerprint density at radius 1 is 1.17 bits per heavy atom. The van der Waals surface area contributed by atoms with Gasteiger partial charge in [0.2, 0.25) is 0 Å². The number of carbonyl (C=O) groups is 1. The van der Waals surface area contributed by atoms with Crippen LogP contribution >= 0.6 is 0 Å². The van der Waals surface area contributed by atoms with Crippen LogP contribution in [0.25, 0.3) is 0 Å². The number of ketones is 1. The lowest BCUT2D eigenvalue weighted by Gasteiger charge is -2.43. The van der Waals surface area contributed by atoms with Gasteiger partial charge >= 0.3 is 0 Å². The molecule has 0 saturated heterocycles. The second-order valence-electron chi connectivity index (χ2n) is 8.41. The molecule has 0 radical (unpaired) electrons. The summed E-state index contributed by atoms with van der Waals surface area (Å²) in [4.78, 5) is 12.0. The smallest absolute Gasteiger partial charge is 0.141 e. The molecule has 0 N–H and O–H groups in total. The molecule has 0 bridgehead atoms. The standard InChI is InChI=1S/C26H33O2S/c1-29(2)28-25(18-9-7-16-23-15-6-8-17-24(23)27)26(20-11-21-26)19-10-14-22-12-4-3-5-13-22/h3-5,7,9,12-13,16,18,23,25H,6,8,11,15,17,19-21H2,1-2H3/q+1/b16-7+,18-9+. The fourth-order valence-corrected chi connectivity index (χ4v) is 4.84. The first kappa shape index (κ1) is 21.9. The molecule has 3 rings (SSSR count). The molecule has 2 nitrogen and oxygen atoms in total. The van der Waals surface area contributed by atoms with Gasteiger partial charge in [0.25, 0.3) is 0 Å². The number of Topliss-reactive ketones (excluding diaryl/α,β-unsaturated/α-hetero) is 1. The summed E-state index contributed by atoms with van der Waals surface area (Å²) in [5.74, 6) is 7.23. The second-order valence-corrected chi connectivity index (χ2v) is 10.1. The zero-order chi connectivity index (χ0) is 20.5. The van der Waals surface area contributed by atoms with Crippen LogP contribution in [0.1, 0.15) is 56.9 Å². The van der Waals surface area contributed by atoms with Crippen molar-refractivity contribution in [3.05, 3.63) is 60.2 Å². The highest BCUT2D eigenvalue weighted by atomic mass is 32.2. The van der Waals surface area contributed by atoms with Crippen molar-refractivity contribution in [2.75, 3.05) is 12.5 Å². The molecule has 2 saturated carbocycles. The average Bonchev–Trinajstić information content (AvgIpc) is 2.68. The van der Waals surface area contributed by atoms with Gasteiger partial charge in [-0.25, -0.2) is 0 Å². The van der Waals surface area contributed by atoms with Crippen LogP contribution in [0.2, 0.25) is 0 Å². The maximum absolute atomic E-state index is 12.0. The molecule has 29 heavy (non-hydrogen) atoms. The van der Waals surface area contributed by atoms with Crippen LogP contribution in [0.5, 0.6) is 0 Å². The third kappa shape index (κ3) is 6.36. The summed E-state index contributed by atoms with van der Waals surface area (Å²) in [7, 11) is 0. The molecule has 0 aromatic heterocycles. The molecular formula is C26H33O2S+. The van der Waals surface area contributed by atoms with Gasteiger partial charge in [0.1, 0.15) is 35.6 Å². The van der Waals surface area contributed by atoms with E-state index in [-0.39, 0.29) is 28.6 Å². The second kappa shape index (κ2) is 10.9. The third-order valence-electron chi connectivity index (χ3n) is 6.04. The van der Waals surface area contributed by atoms with Gasteiger partial charge in [0.15, 0.2) is 0 Å². The molecule has 2 atom stereocenters. The first-order chi connectivity index (χ1) is 14.1. The van der Waals surface area contributed by atoms with E-state index in [0.717, 1.165) is 50.5 Å². The van der Waals surface area contributed by atoms with Gasteiger partial charge in [-0.2, -0.15) is 4.18 Å². The Balaban J connectivity index is 1.67. The summed E-state index contributed by atoms with van der Waals surface area (Å²) < 4.78 is 6.35. The summed E-state index contributed by atoms with van der Waals surface area (Å²) in [5.41, 5.74) is 1.19. The lowest BCUT2D eigenvalue weighted by Crippen LogP contribution is -2.42. The highest BCUT2D eigenvalue weighted by Crippen LogP contribution is 2.48. The SMILES string of the molecule is C[S+](C)OC(/C=C/C=C/C1CCCCC1=O)C1(CC#Cc2ccccc2)CCC1. The molecule has 0 aliphatic heterocycles. The van der Waals surface area contributed by atoms with Crippen molar-refractivity contribution in [1.82, 2.24) is 0 Å². The molecule has 2 aliphatic carbocycles. The van der Waals surface area contributed by atoms with Crippen molar-refractivity contribution >= 4 is 17.0 Å². The first-order valence-corrected chi connectivity index (χ1v) is 12.7. The average molecular weight is 410 g/mol. The molecule has 2 unspecified atom stereocenters. The van der Waals surface area contributed by atoms with Gasteiger partial charge in [0.05, 0.1) is 0 Å². The van der Waals surface area contributed by atoms with Gasteiger partial charge in [0, 0.05) is 29.7 Å². The van der Waals surface area contributed by atoms with Gasteiger partial charge < -0.3 is 0 Å². The lowest BCUT2D eigenvalue weighted by molar-refractivity contribution is -0.122. The Morgan fingerprint density at radius 3 is 2.62 bits per heavy atom. The van der Waals surface area contributed by atoms with Crippen molar-refractivity contribution in [3.8, 4) is 11.8 Å². The summed E-state index contributed by atoms with van der Waals surface area (Å²) in [6.07, 6.45) is 21.1. The minimum absolute atomic E-state index is 0.0753. The number of hydrogen-bond acceptors (Lipinski definition) is 2. The molecular weight excluding hydrogens is 376 g/mol. The van der Waals surface area contributed by atoms with Crippen molar-refractivity contribution in [3.63, 3.8) is 0 Å². The topological polar surface area (TPSA) is 26.3 Å². The predicted octanol–water partition coefficient (Wildman–Crippen LogP) is 5.65. The molecule has 1 aromatic rings. The zero-order valence-corrected chi connectivity index (χ0v) is 18.5. The molecule has 0 amide bonds. The lowest BCUT2D eigenvalue weighted by atomic mass is 9.63. The minimum atomic E-state index is -0.0944. The maximum Gasteiger partial charge on any atom is 0.141 e. The van der Waals surface area contributed by atoms with Crippen LogP contribution in [0.4, 0.5) is 0 Å². The Morgan fingerprint density at radius 2 is 1.97 bits per heavy atom. The quantitative estimate of drug-likeness (QED) is 0.330. The van der Waals surface area contributed by atoms with E-state index in [1.165, 1.54) is 6.42 Å². The highest BCUT2D eigenvalue weighted by molar-refractivity contribution is 7.90. The van der Waals surface area contributed by atoms with Crippen LogP contribution in [0.15, 0.2) is 54.6 Å². The molecule has 0 heterocycles. The van der Waals surface area contributed by atoms with Gasteiger partial charge in [-0.3, -0.25) is 4.79 Å². The van der Waals surface area contributed by atoms with E-state index in [2.05, 4.69) is 60.8 Å². The minimum Gasteiger partial charge on any atom is -0.299 e. The Labute approximate surface area is 179 Å². The van der Waals surface area contributed by atoms with E-state index >= 15 is 0 Å². The van der Waals surface area contributed by atoms with E-state index in [4.69, 9.17) is 4.18 Å². The van der Waals surface area contributed by atoms with Gasteiger partial charge in [-0.15, -0.1) is 0 Å². The number of allylic oxidation sites excluding steroid dienone is 3. The van der Waals surface area contributed by atoms with E-state index in [1.54, 1.807) is 0 Å². The van der Waals surface area contributed by atoms with Crippen LogP contribution < -0.4 is 0 Å². The van der Waals surface area contributed by atoms with Gasteiger partial charge in [-0.1, -0.05) is 61.1 Å². The summed E-state index contributed by atoms with van der Waals surface area (Å²) >= 11 is -0.0944. The Hall–Kier alpha value is -1.76. The summed E-state index contributed by atoms with van der Waals surface area (Å²) in [6.45, 7) is 0. The predicted molar refractivity (Wildman–Crippen MR) is 124 cm³/mol. The molecule has 1 aromatic carbocycles. The van der Waals surface area contributed by atoms with Crippen molar-refractivity contribution in [2.24, 2.45) is 11.3 Å². The van der Waals surface area contributed by atoms with E-state index in [1.807, 2.05) is 18.2 Å². The van der Waals surface area contributed by atoms with Crippen molar-refractivity contribution in [1.29, 1.82) is 0 Å². The van der Waals surface area contributed by atoms with Gasteiger partial charge in [-0.05, 0) is 43.9 Å². The van der Waals surface area contributed by atoms with Crippen molar-refractivity contribution < 1.29 is 8.98 Å². The fourth-order valence-electron chi connectivity index (χ4n) is 4.16. The number of hydrogen-bond donors (Lipinski definition) is 0. The van der Waals surface area contributed by atoms with Crippen LogP contribution in [0, 0.1) is 23.2 Å². The number of rotatable bonds is 7. The van der Waals surface area contributed by atoms with E-state index in [9.17, 15) is 4.79 Å². The zero-order valence-electron chi connectivity index (χ0n) is 17.7. The van der Waals surface area contributed by atoms with Crippen molar-refractivity contribution in [2.45, 2.75) is 57.5 Å². The van der Waals surface area contributed by atoms with Crippen LogP contribution in [-0.4, -0.2) is 24.4 Å². The fraction of sp³-hybridized carbons (Fsp3) is 0.500. The molecule has 2 fully saturated rings. The van der Waals surface area contributed by atoms with E-state index < -0.39 is 0 Å². The first-order valence-electron chi connectivity index (χ1n) is 10.8. The highest BCUT2D eigenvalue weighted by Gasteiger charge is 2.45. The normalized spacial score (nSPS) is 22.4. The Bertz CT molecular complexity index is 778. The summed E-state index contributed by atoms with van der Waals surface area (Å²) in [6, 6.07) is 10.2. The third-order valence-corrected chi connectivity index (χ3v) is 6.63.